The molecule has 0 bridgehead atoms. The molecule has 2 aromatic rings. The first-order valence-electron chi connectivity index (χ1n) is 5.75. The number of ether oxygens (including phenoxy) is 1. The van der Waals surface area contributed by atoms with Crippen LogP contribution in [0.4, 0.5) is 20.6 Å². The van der Waals surface area contributed by atoms with Crippen molar-refractivity contribution in [2.45, 2.75) is 0 Å². The van der Waals surface area contributed by atoms with E-state index in [0.717, 1.165) is 0 Å². The smallest absolute Gasteiger partial charge is 0.323 e. The van der Waals surface area contributed by atoms with Gasteiger partial charge in [0.1, 0.15) is 11.6 Å². The number of benzene rings is 2. The van der Waals surface area contributed by atoms with Crippen molar-refractivity contribution < 1.29 is 13.9 Å². The number of hydrogen-bond donors (Lipinski definition) is 2. The normalized spacial score (nSPS) is 9.95. The average Bonchev–Trinajstić information content (AvgIpc) is 2.43. The van der Waals surface area contributed by atoms with Gasteiger partial charge in [-0.05, 0) is 36.4 Å². The van der Waals surface area contributed by atoms with Crippen molar-refractivity contribution in [2.75, 3.05) is 17.7 Å². The van der Waals surface area contributed by atoms with Crippen LogP contribution in [0.3, 0.4) is 0 Å². The van der Waals surface area contributed by atoms with Gasteiger partial charge in [-0.15, -0.1) is 0 Å². The molecule has 0 atom stereocenters. The third kappa shape index (κ3) is 3.61. The molecular weight excluding hydrogens is 283 g/mol. The molecule has 6 heteroatoms. The van der Waals surface area contributed by atoms with Crippen LogP contribution >= 0.6 is 11.6 Å². The van der Waals surface area contributed by atoms with Gasteiger partial charge in [-0.25, -0.2) is 9.18 Å². The van der Waals surface area contributed by atoms with Crippen LogP contribution in [-0.2, 0) is 0 Å². The summed E-state index contributed by atoms with van der Waals surface area (Å²) in [4.78, 5) is 11.8. The SMILES string of the molecule is COc1cc(F)ccc1NC(=O)Nc1ccc(Cl)cc1. The van der Waals surface area contributed by atoms with Gasteiger partial charge >= 0.3 is 6.03 Å². The molecule has 0 saturated heterocycles. The van der Waals surface area contributed by atoms with E-state index in [4.69, 9.17) is 16.3 Å². The van der Waals surface area contributed by atoms with Crippen molar-refractivity contribution in [3.63, 3.8) is 0 Å². The third-order valence-electron chi connectivity index (χ3n) is 2.51. The highest BCUT2D eigenvalue weighted by Crippen LogP contribution is 2.25. The Hall–Kier alpha value is -2.27. The topological polar surface area (TPSA) is 50.4 Å². The minimum atomic E-state index is -0.461. The molecular formula is C14H12ClFN2O2. The molecule has 0 aliphatic heterocycles. The van der Waals surface area contributed by atoms with Crippen LogP contribution in [-0.4, -0.2) is 13.1 Å². The maximum absolute atomic E-state index is 13.0. The minimum absolute atomic E-state index is 0.247. The lowest BCUT2D eigenvalue weighted by Gasteiger charge is -2.11. The van der Waals surface area contributed by atoms with Crippen LogP contribution in [0.5, 0.6) is 5.75 Å². The van der Waals surface area contributed by atoms with E-state index < -0.39 is 11.8 Å². The highest BCUT2D eigenvalue weighted by atomic mass is 35.5. The zero-order valence-electron chi connectivity index (χ0n) is 10.6. The molecule has 4 nitrogen and oxygen atoms in total. The molecule has 0 aromatic heterocycles. The molecule has 0 unspecified atom stereocenters. The lowest BCUT2D eigenvalue weighted by atomic mass is 10.3. The summed E-state index contributed by atoms with van der Waals surface area (Å²) in [5, 5.41) is 5.78. The molecule has 2 rings (SSSR count). The second-order valence-electron chi connectivity index (χ2n) is 3.93. The van der Waals surface area contributed by atoms with Crippen molar-refractivity contribution in [3.8, 4) is 5.75 Å². The van der Waals surface area contributed by atoms with Gasteiger partial charge in [0.05, 0.1) is 12.8 Å². The van der Waals surface area contributed by atoms with Crippen molar-refractivity contribution >= 4 is 29.0 Å². The molecule has 0 saturated carbocycles. The van der Waals surface area contributed by atoms with Crippen molar-refractivity contribution in [1.82, 2.24) is 0 Å². The highest BCUT2D eigenvalue weighted by Gasteiger charge is 2.08. The van der Waals surface area contributed by atoms with E-state index in [9.17, 15) is 9.18 Å². The second-order valence-corrected chi connectivity index (χ2v) is 4.37. The van der Waals surface area contributed by atoms with Crippen molar-refractivity contribution in [1.29, 1.82) is 0 Å². The quantitative estimate of drug-likeness (QED) is 0.894. The Morgan fingerprint density at radius 3 is 2.50 bits per heavy atom. The predicted molar refractivity (Wildman–Crippen MR) is 77.0 cm³/mol. The number of methoxy groups -OCH3 is 1. The summed E-state index contributed by atoms with van der Waals surface area (Å²) in [5.74, 6) is -0.193. The monoisotopic (exact) mass is 294 g/mol. The van der Waals surface area contributed by atoms with E-state index in [2.05, 4.69) is 10.6 Å². The minimum Gasteiger partial charge on any atom is -0.494 e. The molecule has 0 radical (unpaired) electrons. The first-order chi connectivity index (χ1) is 9.58. The van der Waals surface area contributed by atoms with Crippen molar-refractivity contribution in [2.24, 2.45) is 0 Å². The number of carbonyl (C=O) groups excluding carboxylic acids is 1. The highest BCUT2D eigenvalue weighted by molar-refractivity contribution is 6.30. The van der Waals surface area contributed by atoms with E-state index in [1.807, 2.05) is 0 Å². The lowest BCUT2D eigenvalue weighted by Crippen LogP contribution is -2.19. The van der Waals surface area contributed by atoms with Gasteiger partial charge in [-0.2, -0.15) is 0 Å². The van der Waals surface area contributed by atoms with Crippen LogP contribution in [0.25, 0.3) is 0 Å². The maximum Gasteiger partial charge on any atom is 0.323 e. The van der Waals surface area contributed by atoms with Gasteiger partial charge in [-0.1, -0.05) is 11.6 Å². The Kier molecular flexibility index (Phi) is 4.42. The standard InChI is InChI=1S/C14H12ClFN2O2/c1-20-13-8-10(16)4-7-12(13)18-14(19)17-11-5-2-9(15)3-6-11/h2-8H,1H3,(H2,17,18,19). The van der Waals surface area contributed by atoms with E-state index in [1.54, 1.807) is 24.3 Å². The van der Waals surface area contributed by atoms with Crippen LogP contribution < -0.4 is 15.4 Å². The lowest BCUT2D eigenvalue weighted by molar-refractivity contribution is 0.262. The zero-order chi connectivity index (χ0) is 14.5. The largest absolute Gasteiger partial charge is 0.494 e. The summed E-state index contributed by atoms with van der Waals surface area (Å²) in [7, 11) is 1.40. The van der Waals surface area contributed by atoms with E-state index in [-0.39, 0.29) is 5.75 Å². The number of anilines is 2. The number of rotatable bonds is 3. The second kappa shape index (κ2) is 6.25. The summed E-state index contributed by atoms with van der Waals surface area (Å²) in [6, 6.07) is 10.1. The summed E-state index contributed by atoms with van der Waals surface area (Å²) >= 11 is 5.75. The summed E-state index contributed by atoms with van der Waals surface area (Å²) in [5.41, 5.74) is 0.966. The molecule has 2 N–H and O–H groups in total. The van der Waals surface area contributed by atoms with Crippen LogP contribution in [0, 0.1) is 5.82 Å². The fourth-order valence-corrected chi connectivity index (χ4v) is 1.71. The van der Waals surface area contributed by atoms with Gasteiger partial charge in [0.25, 0.3) is 0 Å². The van der Waals surface area contributed by atoms with Gasteiger partial charge in [-0.3, -0.25) is 0 Å². The predicted octanol–water partition coefficient (Wildman–Crippen LogP) is 4.13. The van der Waals surface area contributed by atoms with E-state index in [0.29, 0.717) is 16.4 Å². The average molecular weight is 295 g/mol. The van der Waals surface area contributed by atoms with Gasteiger partial charge in [0.2, 0.25) is 0 Å². The van der Waals surface area contributed by atoms with Gasteiger partial charge in [0.15, 0.2) is 0 Å². The molecule has 2 aromatic carbocycles. The third-order valence-corrected chi connectivity index (χ3v) is 2.77. The molecule has 2 amide bonds. The Bertz CT molecular complexity index is 617. The fourth-order valence-electron chi connectivity index (χ4n) is 1.59. The van der Waals surface area contributed by atoms with Gasteiger partial charge < -0.3 is 15.4 Å². The Balaban J connectivity index is 2.06. The number of hydrogen-bond acceptors (Lipinski definition) is 2. The summed E-state index contributed by atoms with van der Waals surface area (Å²) in [6.07, 6.45) is 0. The number of halogens is 2. The molecule has 0 heterocycles. The van der Waals surface area contributed by atoms with Gasteiger partial charge in [0, 0.05) is 16.8 Å². The first-order valence-corrected chi connectivity index (χ1v) is 6.13. The Morgan fingerprint density at radius 2 is 1.85 bits per heavy atom. The molecule has 104 valence electrons. The summed E-state index contributed by atoms with van der Waals surface area (Å²) < 4.78 is 18.0. The number of carbonyl (C=O) groups is 1. The van der Waals surface area contributed by atoms with E-state index >= 15 is 0 Å². The van der Waals surface area contributed by atoms with Crippen LogP contribution in [0.2, 0.25) is 5.02 Å². The van der Waals surface area contributed by atoms with E-state index in [1.165, 1.54) is 25.3 Å². The fraction of sp³-hybridized carbons (Fsp3) is 0.0714. The van der Waals surface area contributed by atoms with Crippen LogP contribution in [0.1, 0.15) is 0 Å². The van der Waals surface area contributed by atoms with Crippen LogP contribution in [0.15, 0.2) is 42.5 Å². The Morgan fingerprint density at radius 1 is 1.15 bits per heavy atom. The molecule has 0 aliphatic rings. The molecule has 20 heavy (non-hydrogen) atoms. The first kappa shape index (κ1) is 14.1. The number of nitrogens with one attached hydrogen (secondary N) is 2. The zero-order valence-corrected chi connectivity index (χ0v) is 11.4. The maximum atomic E-state index is 13.0. The molecule has 0 aliphatic carbocycles. The van der Waals surface area contributed by atoms with Crippen molar-refractivity contribution in [3.05, 3.63) is 53.3 Å². The number of urea groups is 1. The number of amides is 2. The molecule has 0 spiro atoms. The molecule has 0 fully saturated rings. The summed E-state index contributed by atoms with van der Waals surface area (Å²) in [6.45, 7) is 0. The Labute approximate surface area is 120 Å².